The maximum Gasteiger partial charge on any atom is 0.0625 e. The summed E-state index contributed by atoms with van der Waals surface area (Å²) in [4.78, 5) is 2.41. The van der Waals surface area contributed by atoms with Crippen LogP contribution < -0.4 is 4.90 Å². The Hall–Kier alpha value is -7.94. The van der Waals surface area contributed by atoms with Gasteiger partial charge in [0.1, 0.15) is 0 Å². The fourth-order valence-electron chi connectivity index (χ4n) is 9.48. The van der Waals surface area contributed by atoms with E-state index in [4.69, 9.17) is 0 Å². The molecule has 0 saturated carbocycles. The molecule has 0 radical (unpaired) electrons. The third-order valence-corrected chi connectivity index (χ3v) is 12.3. The molecular formula is C58H38N2. The summed E-state index contributed by atoms with van der Waals surface area (Å²) in [6.07, 6.45) is 0. The topological polar surface area (TPSA) is 8.17 Å². The molecule has 60 heavy (non-hydrogen) atoms. The lowest BCUT2D eigenvalue weighted by atomic mass is 9.94. The Bertz CT molecular complexity index is 3600. The number of nitrogens with zero attached hydrogens (tertiary/aromatic N) is 2. The van der Waals surface area contributed by atoms with E-state index in [1.807, 2.05) is 0 Å². The van der Waals surface area contributed by atoms with E-state index in [1.165, 1.54) is 87.1 Å². The molecule has 2 heteroatoms. The predicted octanol–water partition coefficient (Wildman–Crippen LogP) is 16.2. The molecule has 0 aliphatic rings. The molecular weight excluding hydrogens is 725 g/mol. The number of para-hydroxylation sites is 2. The van der Waals surface area contributed by atoms with Crippen LogP contribution in [0.5, 0.6) is 0 Å². The molecule has 280 valence electrons. The highest BCUT2D eigenvalue weighted by atomic mass is 15.1. The molecule has 0 unspecified atom stereocenters. The van der Waals surface area contributed by atoms with E-state index < -0.39 is 0 Å². The Balaban J connectivity index is 1.06. The summed E-state index contributed by atoms with van der Waals surface area (Å²) in [6, 6.07) is 84.4. The second-order valence-electron chi connectivity index (χ2n) is 15.7. The highest BCUT2D eigenvalue weighted by molar-refractivity contribution is 6.24. The Morgan fingerprint density at radius 3 is 1.75 bits per heavy atom. The van der Waals surface area contributed by atoms with Gasteiger partial charge in [0.15, 0.2) is 0 Å². The number of hydrogen-bond donors (Lipinski definition) is 0. The molecule has 0 N–H and O–H groups in total. The van der Waals surface area contributed by atoms with Gasteiger partial charge in [0.05, 0.1) is 11.0 Å². The summed E-state index contributed by atoms with van der Waals surface area (Å²) in [5.41, 5.74) is 11.7. The lowest BCUT2D eigenvalue weighted by Crippen LogP contribution is -2.10. The van der Waals surface area contributed by atoms with Crippen LogP contribution in [0.15, 0.2) is 231 Å². The van der Waals surface area contributed by atoms with E-state index in [0.29, 0.717) is 0 Å². The van der Waals surface area contributed by atoms with Crippen molar-refractivity contribution in [1.82, 2.24) is 4.57 Å². The molecule has 0 spiro atoms. The first-order valence-electron chi connectivity index (χ1n) is 20.7. The summed E-state index contributed by atoms with van der Waals surface area (Å²) >= 11 is 0. The molecule has 0 saturated heterocycles. The van der Waals surface area contributed by atoms with E-state index in [1.54, 1.807) is 0 Å². The molecule has 11 aromatic carbocycles. The molecule has 12 rings (SSSR count). The van der Waals surface area contributed by atoms with Gasteiger partial charge in [-0.3, -0.25) is 0 Å². The molecule has 0 aliphatic heterocycles. The van der Waals surface area contributed by atoms with Gasteiger partial charge in [-0.25, -0.2) is 0 Å². The van der Waals surface area contributed by atoms with Crippen molar-refractivity contribution < 1.29 is 0 Å². The number of fused-ring (bicyclic) bond motifs is 9. The highest BCUT2D eigenvalue weighted by Gasteiger charge is 2.21. The summed E-state index contributed by atoms with van der Waals surface area (Å²) < 4.78 is 2.45. The Morgan fingerprint density at radius 1 is 0.300 bits per heavy atom. The summed E-state index contributed by atoms with van der Waals surface area (Å²) in [5.74, 6) is 0. The summed E-state index contributed by atoms with van der Waals surface area (Å²) in [7, 11) is 0. The fraction of sp³-hybridized carbons (Fsp3) is 0. The first-order valence-corrected chi connectivity index (χ1v) is 20.7. The van der Waals surface area contributed by atoms with Crippen LogP contribution in [0.4, 0.5) is 17.1 Å². The van der Waals surface area contributed by atoms with Gasteiger partial charge in [-0.05, 0) is 127 Å². The smallest absolute Gasteiger partial charge is 0.0625 e. The zero-order valence-electron chi connectivity index (χ0n) is 32.8. The highest BCUT2D eigenvalue weighted by Crippen LogP contribution is 2.45. The van der Waals surface area contributed by atoms with Crippen LogP contribution in [0, 0.1) is 0 Å². The normalized spacial score (nSPS) is 11.7. The summed E-state index contributed by atoms with van der Waals surface area (Å²) in [5, 5.41) is 12.4. The first-order chi connectivity index (χ1) is 29.7. The van der Waals surface area contributed by atoms with Crippen LogP contribution in [-0.2, 0) is 0 Å². The van der Waals surface area contributed by atoms with Crippen molar-refractivity contribution in [2.24, 2.45) is 0 Å². The van der Waals surface area contributed by atoms with Crippen molar-refractivity contribution in [3.63, 3.8) is 0 Å². The van der Waals surface area contributed by atoms with E-state index in [9.17, 15) is 0 Å². The maximum atomic E-state index is 2.45. The predicted molar refractivity (Wildman–Crippen MR) is 256 cm³/mol. The molecule has 12 aromatic rings. The second-order valence-corrected chi connectivity index (χ2v) is 15.7. The second kappa shape index (κ2) is 13.9. The van der Waals surface area contributed by atoms with E-state index in [0.717, 1.165) is 22.7 Å². The van der Waals surface area contributed by atoms with Crippen LogP contribution in [0.25, 0.3) is 92.8 Å². The third-order valence-electron chi connectivity index (χ3n) is 12.3. The van der Waals surface area contributed by atoms with Crippen molar-refractivity contribution in [3.8, 4) is 27.9 Å². The Labute approximate surface area is 348 Å². The van der Waals surface area contributed by atoms with Gasteiger partial charge in [-0.15, -0.1) is 0 Å². The van der Waals surface area contributed by atoms with Crippen molar-refractivity contribution >= 4 is 82.0 Å². The van der Waals surface area contributed by atoms with Crippen molar-refractivity contribution in [2.75, 3.05) is 4.90 Å². The SMILES string of the molecule is c1ccc(-n2c3ccccc3c3c(-c4cccc(N(c5ccc(-c6ccc7ccccc7c6)cc5)c5ccc6c(ccc7ccccc76)c5)c4)cc4ccccc4c32)cc1. The lowest BCUT2D eigenvalue weighted by Gasteiger charge is -2.27. The van der Waals surface area contributed by atoms with Gasteiger partial charge in [0.25, 0.3) is 0 Å². The molecule has 1 heterocycles. The molecule has 0 amide bonds. The van der Waals surface area contributed by atoms with Gasteiger partial charge in [-0.2, -0.15) is 0 Å². The minimum Gasteiger partial charge on any atom is -0.310 e. The number of hydrogen-bond acceptors (Lipinski definition) is 1. The number of anilines is 3. The molecule has 0 atom stereocenters. The molecule has 0 bridgehead atoms. The van der Waals surface area contributed by atoms with Crippen LogP contribution in [0.2, 0.25) is 0 Å². The molecule has 2 nitrogen and oxygen atoms in total. The van der Waals surface area contributed by atoms with Crippen molar-refractivity contribution in [3.05, 3.63) is 231 Å². The lowest BCUT2D eigenvalue weighted by molar-refractivity contribution is 1.19. The molecule has 1 aromatic heterocycles. The average Bonchev–Trinajstić information content (AvgIpc) is 3.67. The Kier molecular flexibility index (Phi) is 7.89. The summed E-state index contributed by atoms with van der Waals surface area (Å²) in [6.45, 7) is 0. The monoisotopic (exact) mass is 762 g/mol. The van der Waals surface area contributed by atoms with Gasteiger partial charge in [-0.1, -0.05) is 164 Å². The zero-order valence-corrected chi connectivity index (χ0v) is 32.8. The average molecular weight is 763 g/mol. The van der Waals surface area contributed by atoms with Crippen LogP contribution >= 0.6 is 0 Å². The quantitative estimate of drug-likeness (QED) is 0.153. The number of aromatic nitrogens is 1. The van der Waals surface area contributed by atoms with Crippen LogP contribution in [0.3, 0.4) is 0 Å². The third kappa shape index (κ3) is 5.57. The minimum atomic E-state index is 1.10. The van der Waals surface area contributed by atoms with Crippen molar-refractivity contribution in [2.45, 2.75) is 0 Å². The number of rotatable bonds is 6. The maximum absolute atomic E-state index is 2.45. The van der Waals surface area contributed by atoms with E-state index in [-0.39, 0.29) is 0 Å². The van der Waals surface area contributed by atoms with E-state index in [2.05, 4.69) is 240 Å². The largest absolute Gasteiger partial charge is 0.310 e. The van der Waals surface area contributed by atoms with Crippen molar-refractivity contribution in [1.29, 1.82) is 0 Å². The first kappa shape index (κ1) is 34.1. The van der Waals surface area contributed by atoms with Gasteiger partial charge < -0.3 is 9.47 Å². The fourth-order valence-corrected chi connectivity index (χ4v) is 9.48. The molecule has 0 fully saturated rings. The zero-order chi connectivity index (χ0) is 39.6. The van der Waals surface area contributed by atoms with E-state index >= 15 is 0 Å². The number of benzene rings is 11. The van der Waals surface area contributed by atoms with Crippen LogP contribution in [0.1, 0.15) is 0 Å². The molecule has 0 aliphatic carbocycles. The van der Waals surface area contributed by atoms with Crippen LogP contribution in [-0.4, -0.2) is 4.57 Å². The Morgan fingerprint density at radius 2 is 0.900 bits per heavy atom. The van der Waals surface area contributed by atoms with Gasteiger partial charge >= 0.3 is 0 Å². The van der Waals surface area contributed by atoms with Gasteiger partial charge in [0.2, 0.25) is 0 Å². The minimum absolute atomic E-state index is 1.10. The standard InChI is InChI=1S/C58H38N2/c1-2-18-47(19-3-1)60-56-24-11-10-23-54(56)57-55(38-45-16-7-9-22-53(45)58(57)60)44-17-12-20-49(36-44)59(50-33-34-52-46(37-50)28-26-41-14-6-8-21-51(41)52)48-31-29-40(30-32-48)43-27-25-39-13-4-5-15-42(39)35-43/h1-38H. The van der Waals surface area contributed by atoms with Gasteiger partial charge in [0, 0.05) is 38.9 Å².